The Kier molecular flexibility index (Phi) is 3.79. The van der Waals surface area contributed by atoms with Gasteiger partial charge in [-0.05, 0) is 33.1 Å². The minimum absolute atomic E-state index is 0.372. The number of carbonyl (C=O) groups excluding carboxylic acids is 1. The molecule has 0 saturated carbocycles. The maximum Gasteiger partial charge on any atom is 0.343 e. The third-order valence-electron chi connectivity index (χ3n) is 3.37. The maximum atomic E-state index is 11.8. The highest BCUT2D eigenvalue weighted by molar-refractivity contribution is 5.94. The SMILES string of the molecule is COC(=O)c1cnc(C)nc1N1CCCCC1C. The summed E-state index contributed by atoms with van der Waals surface area (Å²) < 4.78 is 4.80. The van der Waals surface area contributed by atoms with Gasteiger partial charge in [-0.15, -0.1) is 0 Å². The molecule has 1 aromatic heterocycles. The van der Waals surface area contributed by atoms with Crippen molar-refractivity contribution in [1.29, 1.82) is 0 Å². The van der Waals surface area contributed by atoms with Crippen molar-refractivity contribution in [3.63, 3.8) is 0 Å². The molecule has 1 fully saturated rings. The lowest BCUT2D eigenvalue weighted by Crippen LogP contribution is -2.39. The summed E-state index contributed by atoms with van der Waals surface area (Å²) in [5, 5.41) is 0. The second kappa shape index (κ2) is 5.33. The zero-order valence-corrected chi connectivity index (χ0v) is 11.1. The summed E-state index contributed by atoms with van der Waals surface area (Å²) in [4.78, 5) is 22.5. The first-order chi connectivity index (χ1) is 8.63. The fourth-order valence-electron chi connectivity index (χ4n) is 2.34. The van der Waals surface area contributed by atoms with E-state index in [4.69, 9.17) is 4.74 Å². The lowest BCUT2D eigenvalue weighted by Gasteiger charge is -2.35. The van der Waals surface area contributed by atoms with Gasteiger partial charge in [0.2, 0.25) is 0 Å². The largest absolute Gasteiger partial charge is 0.465 e. The van der Waals surface area contributed by atoms with Crippen molar-refractivity contribution in [3.8, 4) is 0 Å². The predicted octanol–water partition coefficient (Wildman–Crippen LogP) is 1.95. The van der Waals surface area contributed by atoms with E-state index in [1.54, 1.807) is 6.20 Å². The number of aromatic nitrogens is 2. The highest BCUT2D eigenvalue weighted by Gasteiger charge is 2.25. The van der Waals surface area contributed by atoms with Crippen LogP contribution in [0.25, 0.3) is 0 Å². The molecule has 2 rings (SSSR count). The third kappa shape index (κ3) is 2.44. The summed E-state index contributed by atoms with van der Waals surface area (Å²) in [6.45, 7) is 4.93. The smallest absolute Gasteiger partial charge is 0.343 e. The highest BCUT2D eigenvalue weighted by atomic mass is 16.5. The molecule has 5 nitrogen and oxygen atoms in total. The zero-order chi connectivity index (χ0) is 13.1. The fraction of sp³-hybridized carbons (Fsp3) is 0.615. The molecular formula is C13H19N3O2. The monoisotopic (exact) mass is 249 g/mol. The van der Waals surface area contributed by atoms with E-state index in [1.807, 2.05) is 6.92 Å². The van der Waals surface area contributed by atoms with Gasteiger partial charge in [-0.3, -0.25) is 0 Å². The number of nitrogens with zero attached hydrogens (tertiary/aromatic N) is 3. The average molecular weight is 249 g/mol. The Labute approximate surface area is 107 Å². The van der Waals surface area contributed by atoms with E-state index >= 15 is 0 Å². The summed E-state index contributed by atoms with van der Waals surface area (Å²) >= 11 is 0. The molecule has 98 valence electrons. The molecule has 1 atom stereocenters. The van der Waals surface area contributed by atoms with Gasteiger partial charge in [-0.1, -0.05) is 0 Å². The van der Waals surface area contributed by atoms with Crippen molar-refractivity contribution in [1.82, 2.24) is 9.97 Å². The number of hydrogen-bond acceptors (Lipinski definition) is 5. The van der Waals surface area contributed by atoms with Crippen LogP contribution in [0.5, 0.6) is 0 Å². The first kappa shape index (κ1) is 12.8. The van der Waals surface area contributed by atoms with E-state index in [0.29, 0.717) is 23.2 Å². The minimum Gasteiger partial charge on any atom is -0.465 e. The quantitative estimate of drug-likeness (QED) is 0.750. The number of aryl methyl sites for hydroxylation is 1. The van der Waals surface area contributed by atoms with Gasteiger partial charge in [0.1, 0.15) is 17.2 Å². The summed E-state index contributed by atoms with van der Waals surface area (Å²) in [6, 6.07) is 0.399. The molecule has 1 aliphatic rings. The molecule has 1 unspecified atom stereocenters. The second-order valence-electron chi connectivity index (χ2n) is 4.68. The van der Waals surface area contributed by atoms with Crippen molar-refractivity contribution < 1.29 is 9.53 Å². The highest BCUT2D eigenvalue weighted by Crippen LogP contribution is 2.26. The number of hydrogen-bond donors (Lipinski definition) is 0. The molecule has 1 saturated heterocycles. The standard InChI is InChI=1S/C13H19N3O2/c1-9-6-4-5-7-16(9)12-11(13(17)18-3)8-14-10(2)15-12/h8-9H,4-7H2,1-3H3. The number of anilines is 1. The van der Waals surface area contributed by atoms with E-state index in [9.17, 15) is 4.79 Å². The third-order valence-corrected chi connectivity index (χ3v) is 3.37. The molecule has 5 heteroatoms. The summed E-state index contributed by atoms with van der Waals surface area (Å²) in [6.07, 6.45) is 5.05. The van der Waals surface area contributed by atoms with Crippen LogP contribution in [-0.2, 0) is 4.74 Å². The van der Waals surface area contributed by atoms with Gasteiger partial charge in [0.25, 0.3) is 0 Å². The van der Waals surface area contributed by atoms with Crippen LogP contribution < -0.4 is 4.90 Å². The zero-order valence-electron chi connectivity index (χ0n) is 11.1. The molecule has 2 heterocycles. The first-order valence-electron chi connectivity index (χ1n) is 6.32. The van der Waals surface area contributed by atoms with Crippen molar-refractivity contribution in [2.45, 2.75) is 39.2 Å². The number of carbonyl (C=O) groups is 1. The minimum atomic E-state index is -0.372. The van der Waals surface area contributed by atoms with Crippen LogP contribution in [0.1, 0.15) is 42.4 Å². The van der Waals surface area contributed by atoms with Crippen LogP contribution in [0, 0.1) is 6.92 Å². The van der Waals surface area contributed by atoms with Gasteiger partial charge >= 0.3 is 5.97 Å². The summed E-state index contributed by atoms with van der Waals surface area (Å²) in [7, 11) is 1.38. The van der Waals surface area contributed by atoms with Crippen molar-refractivity contribution in [3.05, 3.63) is 17.6 Å². The van der Waals surface area contributed by atoms with Crippen LogP contribution in [-0.4, -0.2) is 35.6 Å². The van der Waals surface area contributed by atoms with E-state index in [1.165, 1.54) is 13.5 Å². The fourth-order valence-corrected chi connectivity index (χ4v) is 2.34. The van der Waals surface area contributed by atoms with Gasteiger partial charge in [-0.2, -0.15) is 0 Å². The Bertz CT molecular complexity index is 448. The Morgan fingerprint density at radius 2 is 2.28 bits per heavy atom. The molecule has 0 N–H and O–H groups in total. The van der Waals surface area contributed by atoms with Crippen LogP contribution in [0.15, 0.2) is 6.20 Å². The molecule has 1 aliphatic heterocycles. The molecular weight excluding hydrogens is 230 g/mol. The lowest BCUT2D eigenvalue weighted by molar-refractivity contribution is 0.0600. The number of esters is 1. The van der Waals surface area contributed by atoms with Crippen molar-refractivity contribution >= 4 is 11.8 Å². The molecule has 1 aromatic rings. The van der Waals surface area contributed by atoms with Gasteiger partial charge in [0, 0.05) is 18.8 Å². The Morgan fingerprint density at radius 1 is 1.50 bits per heavy atom. The lowest BCUT2D eigenvalue weighted by atomic mass is 10.0. The second-order valence-corrected chi connectivity index (χ2v) is 4.68. The van der Waals surface area contributed by atoms with Crippen LogP contribution in [0.4, 0.5) is 5.82 Å². The van der Waals surface area contributed by atoms with E-state index in [2.05, 4.69) is 21.8 Å². The van der Waals surface area contributed by atoms with Gasteiger partial charge in [0.05, 0.1) is 7.11 Å². The van der Waals surface area contributed by atoms with Crippen LogP contribution in [0.2, 0.25) is 0 Å². The normalized spacial score (nSPS) is 19.7. The molecule has 0 aliphatic carbocycles. The molecule has 0 radical (unpaired) electrons. The number of ether oxygens (including phenoxy) is 1. The Hall–Kier alpha value is -1.65. The number of rotatable bonds is 2. The van der Waals surface area contributed by atoms with Gasteiger partial charge in [0.15, 0.2) is 0 Å². The van der Waals surface area contributed by atoms with Gasteiger partial charge in [-0.25, -0.2) is 14.8 Å². The molecule has 0 aromatic carbocycles. The van der Waals surface area contributed by atoms with Gasteiger partial charge < -0.3 is 9.64 Å². The van der Waals surface area contributed by atoms with Crippen LogP contribution in [0.3, 0.4) is 0 Å². The van der Waals surface area contributed by atoms with E-state index in [-0.39, 0.29) is 5.97 Å². The average Bonchev–Trinajstić information content (AvgIpc) is 2.38. The molecule has 0 bridgehead atoms. The molecule has 0 spiro atoms. The van der Waals surface area contributed by atoms with Crippen molar-refractivity contribution in [2.24, 2.45) is 0 Å². The first-order valence-corrected chi connectivity index (χ1v) is 6.32. The number of methoxy groups -OCH3 is 1. The Morgan fingerprint density at radius 3 is 2.94 bits per heavy atom. The van der Waals surface area contributed by atoms with E-state index < -0.39 is 0 Å². The topological polar surface area (TPSA) is 55.3 Å². The van der Waals surface area contributed by atoms with Crippen LogP contribution >= 0.6 is 0 Å². The van der Waals surface area contributed by atoms with E-state index in [0.717, 1.165) is 19.4 Å². The summed E-state index contributed by atoms with van der Waals surface area (Å²) in [5.41, 5.74) is 0.455. The predicted molar refractivity (Wildman–Crippen MR) is 68.8 cm³/mol. The number of piperidine rings is 1. The molecule has 0 amide bonds. The summed E-state index contributed by atoms with van der Waals surface area (Å²) in [5.74, 6) is 1.01. The Balaban J connectivity index is 2.40. The van der Waals surface area contributed by atoms with Crippen molar-refractivity contribution in [2.75, 3.05) is 18.6 Å². The maximum absolute atomic E-state index is 11.8. The molecule has 18 heavy (non-hydrogen) atoms.